The number of amides is 2. The predicted octanol–water partition coefficient (Wildman–Crippen LogP) is 2.30. The van der Waals surface area contributed by atoms with E-state index >= 15 is 0 Å². The number of benzene rings is 1. The van der Waals surface area contributed by atoms with Crippen molar-refractivity contribution < 1.29 is 18.9 Å². The van der Waals surface area contributed by atoms with E-state index in [1.807, 2.05) is 38.2 Å². The minimum Gasteiger partial charge on any atom is -0.615 e. The van der Waals surface area contributed by atoms with Gasteiger partial charge in [-0.3, -0.25) is 14.5 Å². The lowest BCUT2D eigenvalue weighted by atomic mass is 9.94. The van der Waals surface area contributed by atoms with Gasteiger partial charge in [0, 0.05) is 41.2 Å². The van der Waals surface area contributed by atoms with E-state index < -0.39 is 11.2 Å². The second-order valence-electron chi connectivity index (χ2n) is 10.3. The molecular formula is C25H29N5O4S2. The number of carbonyl (C=O) groups excluding carboxylic acids is 2. The summed E-state index contributed by atoms with van der Waals surface area (Å²) in [5.74, 6) is 0.718. The van der Waals surface area contributed by atoms with Crippen LogP contribution in [-0.4, -0.2) is 80.7 Å². The summed E-state index contributed by atoms with van der Waals surface area (Å²) in [6.07, 6.45) is 3.43. The van der Waals surface area contributed by atoms with Gasteiger partial charge < -0.3 is 24.5 Å². The van der Waals surface area contributed by atoms with Crippen LogP contribution in [0.5, 0.6) is 0 Å². The monoisotopic (exact) mass is 527 g/mol. The van der Waals surface area contributed by atoms with E-state index in [1.54, 1.807) is 4.90 Å². The maximum absolute atomic E-state index is 13.0. The van der Waals surface area contributed by atoms with Crippen LogP contribution in [0.4, 0.5) is 5.13 Å². The van der Waals surface area contributed by atoms with Crippen LogP contribution in [0.2, 0.25) is 0 Å². The van der Waals surface area contributed by atoms with E-state index in [0.717, 1.165) is 27.3 Å². The van der Waals surface area contributed by atoms with Crippen LogP contribution in [0, 0.1) is 0 Å². The molecule has 3 aliphatic heterocycles. The second-order valence-corrected chi connectivity index (χ2v) is 12.9. The topological polar surface area (TPSA) is 114 Å². The molecule has 0 radical (unpaired) electrons. The highest BCUT2D eigenvalue weighted by molar-refractivity contribution is 7.91. The molecule has 11 heteroatoms. The first-order valence-electron chi connectivity index (χ1n) is 12.2. The zero-order valence-corrected chi connectivity index (χ0v) is 22.0. The molecule has 0 bridgehead atoms. The number of thiazole rings is 1. The molecule has 0 spiro atoms. The molecule has 2 saturated heterocycles. The van der Waals surface area contributed by atoms with Crippen LogP contribution in [0.1, 0.15) is 45.1 Å². The fourth-order valence-corrected chi connectivity index (χ4v) is 7.48. The van der Waals surface area contributed by atoms with Gasteiger partial charge in [-0.15, -0.1) is 0 Å². The Bertz CT molecular complexity index is 1340. The molecule has 6 rings (SSSR count). The highest BCUT2D eigenvalue weighted by Gasteiger charge is 2.35. The average molecular weight is 528 g/mol. The van der Waals surface area contributed by atoms with Gasteiger partial charge in [0.05, 0.1) is 31.5 Å². The van der Waals surface area contributed by atoms with E-state index in [0.29, 0.717) is 61.2 Å². The molecule has 5 heterocycles. The molecule has 1 aromatic carbocycles. The third-order valence-electron chi connectivity index (χ3n) is 7.07. The predicted molar refractivity (Wildman–Crippen MR) is 140 cm³/mol. The quantitative estimate of drug-likeness (QED) is 0.504. The third kappa shape index (κ3) is 4.38. The third-order valence-corrected chi connectivity index (χ3v) is 9.44. The summed E-state index contributed by atoms with van der Waals surface area (Å²) in [6.45, 7) is 6.45. The molecular weight excluding hydrogens is 498 g/mol. The molecule has 3 aromatic rings. The second kappa shape index (κ2) is 9.05. The Morgan fingerprint density at radius 1 is 1.36 bits per heavy atom. The smallest absolute Gasteiger partial charge is 0.263 e. The normalized spacial score (nSPS) is 23.7. The fourth-order valence-electron chi connectivity index (χ4n) is 5.25. The molecule has 190 valence electrons. The minimum absolute atomic E-state index is 0.0505. The summed E-state index contributed by atoms with van der Waals surface area (Å²) in [5, 5.41) is 4.93. The standard InChI is InChI=1S/C25H29N5O4S2/c1-25(2)11-20-21(22(31)28-25)35-24(27-20)30-5-7-34-13-17(30)9-16-12-26-19-4-3-15(10-18(16)19)23(32)29-6-8-36(33)14-29/h3-4,10,12,17,26H,5-9,11,13-14H2,1-2H3,(H,28,31)/t17-,36?/m0/s1. The number of nitrogens with one attached hydrogen (secondary N) is 2. The molecule has 9 nitrogen and oxygen atoms in total. The average Bonchev–Trinajstić information content (AvgIpc) is 3.57. The van der Waals surface area contributed by atoms with Crippen LogP contribution >= 0.6 is 11.3 Å². The van der Waals surface area contributed by atoms with Crippen molar-refractivity contribution in [2.75, 3.05) is 42.8 Å². The minimum atomic E-state index is -0.953. The number of aromatic amines is 1. The van der Waals surface area contributed by atoms with Crippen molar-refractivity contribution >= 4 is 50.4 Å². The largest absolute Gasteiger partial charge is 0.615 e. The number of fused-ring (bicyclic) bond motifs is 2. The molecule has 36 heavy (non-hydrogen) atoms. The molecule has 0 aliphatic carbocycles. The van der Waals surface area contributed by atoms with Gasteiger partial charge in [-0.25, -0.2) is 4.98 Å². The lowest BCUT2D eigenvalue weighted by Crippen LogP contribution is -2.48. The molecule has 2 fully saturated rings. The van der Waals surface area contributed by atoms with Gasteiger partial charge in [-0.2, -0.15) is 0 Å². The number of nitrogens with zero attached hydrogens (tertiary/aromatic N) is 3. The van der Waals surface area contributed by atoms with Crippen molar-refractivity contribution in [1.29, 1.82) is 0 Å². The first kappa shape index (κ1) is 23.8. The van der Waals surface area contributed by atoms with Gasteiger partial charge >= 0.3 is 0 Å². The van der Waals surface area contributed by atoms with Crippen molar-refractivity contribution in [3.8, 4) is 0 Å². The number of rotatable bonds is 4. The number of anilines is 1. The molecule has 1 unspecified atom stereocenters. The summed E-state index contributed by atoms with van der Waals surface area (Å²) >= 11 is 0.503. The molecule has 3 aliphatic rings. The van der Waals surface area contributed by atoms with Gasteiger partial charge in [0.1, 0.15) is 10.6 Å². The molecule has 2 amide bonds. The highest BCUT2D eigenvalue weighted by atomic mass is 32.2. The van der Waals surface area contributed by atoms with Crippen LogP contribution in [0.25, 0.3) is 10.9 Å². The lowest BCUT2D eigenvalue weighted by molar-refractivity contribution is 0.0801. The van der Waals surface area contributed by atoms with Crippen LogP contribution in [-0.2, 0) is 28.8 Å². The Kier molecular flexibility index (Phi) is 5.98. The van der Waals surface area contributed by atoms with Crippen molar-refractivity contribution in [3.63, 3.8) is 0 Å². The number of hydrogen-bond acceptors (Lipinski definition) is 7. The van der Waals surface area contributed by atoms with Gasteiger partial charge in [0.2, 0.25) is 0 Å². The van der Waals surface area contributed by atoms with Gasteiger partial charge in [-0.05, 0) is 55.2 Å². The zero-order valence-electron chi connectivity index (χ0n) is 20.3. The Morgan fingerprint density at radius 3 is 3.03 bits per heavy atom. The van der Waals surface area contributed by atoms with Gasteiger partial charge in [0.25, 0.3) is 11.8 Å². The van der Waals surface area contributed by atoms with E-state index in [-0.39, 0.29) is 23.4 Å². The molecule has 2 aromatic heterocycles. The molecule has 2 N–H and O–H groups in total. The SMILES string of the molecule is CC1(C)Cc2nc(N3CCOC[C@@H]3Cc3c[nH]c4ccc(C(=O)N5CC[S+]([O-])C5)cc34)sc2C(=O)N1. The number of aromatic nitrogens is 2. The summed E-state index contributed by atoms with van der Waals surface area (Å²) in [5.41, 5.74) is 3.25. The summed E-state index contributed by atoms with van der Waals surface area (Å²) in [7, 11) is 0. The van der Waals surface area contributed by atoms with Crippen molar-refractivity contribution in [2.45, 2.75) is 38.3 Å². The van der Waals surface area contributed by atoms with Gasteiger partial charge in [0.15, 0.2) is 11.0 Å². The highest BCUT2D eigenvalue weighted by Crippen LogP contribution is 2.34. The van der Waals surface area contributed by atoms with Crippen molar-refractivity contribution in [2.24, 2.45) is 0 Å². The number of hydrogen-bond donors (Lipinski definition) is 2. The Balaban J connectivity index is 1.26. The van der Waals surface area contributed by atoms with E-state index in [9.17, 15) is 14.1 Å². The maximum Gasteiger partial charge on any atom is 0.263 e. The Morgan fingerprint density at radius 2 is 2.22 bits per heavy atom. The van der Waals surface area contributed by atoms with Crippen LogP contribution in [0.3, 0.4) is 0 Å². The van der Waals surface area contributed by atoms with Crippen LogP contribution < -0.4 is 10.2 Å². The summed E-state index contributed by atoms with van der Waals surface area (Å²) in [4.78, 5) is 38.5. The Labute approximate surface area is 216 Å². The van der Waals surface area contributed by atoms with E-state index in [1.165, 1.54) is 11.3 Å². The van der Waals surface area contributed by atoms with Crippen molar-refractivity contribution in [3.05, 3.63) is 46.1 Å². The number of morpholine rings is 1. The number of carbonyl (C=O) groups is 2. The lowest BCUT2D eigenvalue weighted by Gasteiger charge is -2.35. The van der Waals surface area contributed by atoms with Crippen molar-refractivity contribution in [1.82, 2.24) is 20.2 Å². The first-order valence-corrected chi connectivity index (χ1v) is 14.5. The van der Waals surface area contributed by atoms with Gasteiger partial charge in [-0.1, -0.05) is 11.3 Å². The van der Waals surface area contributed by atoms with E-state index in [2.05, 4.69) is 15.2 Å². The zero-order chi connectivity index (χ0) is 25.0. The summed E-state index contributed by atoms with van der Waals surface area (Å²) < 4.78 is 17.6. The number of ether oxygens (including phenoxy) is 1. The first-order chi connectivity index (χ1) is 17.3. The Hall–Kier alpha value is -2.60. The maximum atomic E-state index is 13.0. The van der Waals surface area contributed by atoms with E-state index in [4.69, 9.17) is 9.72 Å². The summed E-state index contributed by atoms with van der Waals surface area (Å²) in [6, 6.07) is 5.76. The van der Waals surface area contributed by atoms with Crippen LogP contribution in [0.15, 0.2) is 24.4 Å². The fraction of sp³-hybridized carbons (Fsp3) is 0.480. The number of H-pyrrole nitrogens is 1. The molecule has 0 saturated carbocycles. The molecule has 2 atom stereocenters.